The molecule has 1 atom stereocenters. The number of hydrogen-bond donors (Lipinski definition) is 2. The van der Waals surface area contributed by atoms with Crippen LogP contribution in [0.2, 0.25) is 0 Å². The molecule has 0 unspecified atom stereocenters. The average molecular weight is 390 g/mol. The number of amides is 1. The summed E-state index contributed by atoms with van der Waals surface area (Å²) in [4.78, 5) is 23.4. The first kappa shape index (κ1) is 18.9. The highest BCUT2D eigenvalue weighted by Crippen LogP contribution is 2.28. The van der Waals surface area contributed by atoms with E-state index in [-0.39, 0.29) is 10.8 Å². The van der Waals surface area contributed by atoms with Crippen LogP contribution in [0.25, 0.3) is 0 Å². The summed E-state index contributed by atoms with van der Waals surface area (Å²) in [6.07, 6.45) is -0.154. The fourth-order valence-corrected chi connectivity index (χ4v) is 3.55. The second-order valence-corrected chi connectivity index (χ2v) is 7.60. The molecule has 1 aliphatic rings. The zero-order valence-electron chi connectivity index (χ0n) is 14.5. The first-order valence-electron chi connectivity index (χ1n) is 8.11. The third kappa shape index (κ3) is 4.44. The lowest BCUT2D eigenvalue weighted by molar-refractivity contribution is -0.139. The average Bonchev–Trinajstić information content (AvgIpc) is 3.11. The number of para-hydroxylation sites is 1. The van der Waals surface area contributed by atoms with Gasteiger partial charge in [-0.2, -0.15) is 4.72 Å². The van der Waals surface area contributed by atoms with E-state index < -0.39 is 28.6 Å². The minimum absolute atomic E-state index is 0.0334. The van der Waals surface area contributed by atoms with E-state index in [4.69, 9.17) is 4.74 Å². The third-order valence-corrected chi connectivity index (χ3v) is 5.42. The summed E-state index contributed by atoms with van der Waals surface area (Å²) >= 11 is 0. The van der Waals surface area contributed by atoms with Crippen LogP contribution < -0.4 is 14.8 Å². The molecular weight excluding hydrogens is 372 g/mol. The van der Waals surface area contributed by atoms with Gasteiger partial charge in [-0.3, -0.25) is 9.59 Å². The van der Waals surface area contributed by atoms with Gasteiger partial charge in [-0.15, -0.1) is 0 Å². The number of nitrogens with one attached hydrogen (secondary N) is 2. The number of sulfonamides is 1. The van der Waals surface area contributed by atoms with Crippen LogP contribution in [0.3, 0.4) is 0 Å². The number of rotatable bonds is 6. The van der Waals surface area contributed by atoms with Gasteiger partial charge in [0.1, 0.15) is 12.3 Å². The van der Waals surface area contributed by atoms with Crippen LogP contribution in [0.5, 0.6) is 5.75 Å². The number of esters is 1. The monoisotopic (exact) mass is 390 g/mol. The molecule has 2 aromatic carbocycles. The second kappa shape index (κ2) is 7.77. The van der Waals surface area contributed by atoms with Crippen LogP contribution in [0, 0.1) is 0 Å². The Morgan fingerprint density at radius 1 is 1.15 bits per heavy atom. The van der Waals surface area contributed by atoms with Crippen molar-refractivity contribution in [2.24, 2.45) is 0 Å². The summed E-state index contributed by atoms with van der Waals surface area (Å²) in [6, 6.07) is 13.0. The molecule has 0 fully saturated rings. The number of hydrogen-bond acceptors (Lipinski definition) is 6. The molecule has 142 valence electrons. The van der Waals surface area contributed by atoms with Crippen LogP contribution in [0.1, 0.15) is 5.56 Å². The Morgan fingerprint density at radius 3 is 2.52 bits per heavy atom. The van der Waals surface area contributed by atoms with E-state index in [9.17, 15) is 18.0 Å². The molecule has 0 bridgehead atoms. The molecule has 1 aliphatic heterocycles. The predicted octanol–water partition coefficient (Wildman–Crippen LogP) is 1.08. The van der Waals surface area contributed by atoms with Crippen molar-refractivity contribution < 1.29 is 27.5 Å². The molecule has 0 saturated carbocycles. The van der Waals surface area contributed by atoms with Crippen LogP contribution in [-0.4, -0.2) is 40.1 Å². The lowest BCUT2D eigenvalue weighted by atomic mass is 10.1. The van der Waals surface area contributed by atoms with Crippen molar-refractivity contribution in [3.05, 3.63) is 54.1 Å². The quantitative estimate of drug-likeness (QED) is 0.714. The molecule has 0 radical (unpaired) electrons. The Bertz CT molecular complexity index is 931. The van der Waals surface area contributed by atoms with Crippen molar-refractivity contribution in [2.75, 3.05) is 19.0 Å². The summed E-state index contributed by atoms with van der Waals surface area (Å²) in [5, 5.41) is 2.70. The van der Waals surface area contributed by atoms with Crippen LogP contribution in [0.15, 0.2) is 53.4 Å². The van der Waals surface area contributed by atoms with Gasteiger partial charge in [0, 0.05) is 12.1 Å². The highest BCUT2D eigenvalue weighted by atomic mass is 32.2. The number of anilines is 1. The Morgan fingerprint density at radius 2 is 1.85 bits per heavy atom. The fraction of sp³-hybridized carbons (Fsp3) is 0.222. The molecule has 1 heterocycles. The van der Waals surface area contributed by atoms with Gasteiger partial charge >= 0.3 is 5.97 Å². The van der Waals surface area contributed by atoms with Crippen molar-refractivity contribution in [2.45, 2.75) is 17.4 Å². The number of ether oxygens (including phenoxy) is 2. The van der Waals surface area contributed by atoms with Gasteiger partial charge in [-0.1, -0.05) is 18.2 Å². The van der Waals surface area contributed by atoms with Crippen LogP contribution in [-0.2, 0) is 30.8 Å². The van der Waals surface area contributed by atoms with Gasteiger partial charge in [0.2, 0.25) is 10.0 Å². The number of carbonyl (C=O) groups is 2. The van der Waals surface area contributed by atoms with Crippen LogP contribution in [0.4, 0.5) is 5.69 Å². The molecule has 0 aromatic heterocycles. The first-order valence-corrected chi connectivity index (χ1v) is 9.59. The second-order valence-electron chi connectivity index (χ2n) is 5.83. The zero-order valence-corrected chi connectivity index (χ0v) is 15.3. The highest BCUT2D eigenvalue weighted by molar-refractivity contribution is 7.89. The SMILES string of the molecule is COC(=O)CNS(=O)(=O)c1ccc(NC(=O)[C@@H]2Cc3ccccc3O2)cc1. The molecular formula is C18H18N2O6S. The number of methoxy groups -OCH3 is 1. The lowest BCUT2D eigenvalue weighted by Crippen LogP contribution is -2.31. The Kier molecular flexibility index (Phi) is 5.43. The maximum absolute atomic E-state index is 12.4. The largest absolute Gasteiger partial charge is 0.480 e. The maximum Gasteiger partial charge on any atom is 0.320 e. The van der Waals surface area contributed by atoms with Gasteiger partial charge < -0.3 is 14.8 Å². The predicted molar refractivity (Wildman–Crippen MR) is 96.8 cm³/mol. The third-order valence-electron chi connectivity index (χ3n) is 4.01. The zero-order chi connectivity index (χ0) is 19.4. The molecule has 0 spiro atoms. The van der Waals surface area contributed by atoms with Crippen molar-refractivity contribution in [3.63, 3.8) is 0 Å². The molecule has 9 heteroatoms. The maximum atomic E-state index is 12.4. The topological polar surface area (TPSA) is 111 Å². The van der Waals surface area contributed by atoms with Gasteiger partial charge in [0.15, 0.2) is 6.10 Å². The normalized spacial score (nSPS) is 15.5. The van der Waals surface area contributed by atoms with Crippen molar-refractivity contribution >= 4 is 27.6 Å². The van der Waals surface area contributed by atoms with Gasteiger partial charge in [0.25, 0.3) is 5.91 Å². The molecule has 2 N–H and O–H groups in total. The molecule has 0 saturated heterocycles. The molecule has 2 aromatic rings. The van der Waals surface area contributed by atoms with E-state index in [1.165, 1.54) is 31.4 Å². The number of carbonyl (C=O) groups excluding carboxylic acids is 2. The molecule has 8 nitrogen and oxygen atoms in total. The summed E-state index contributed by atoms with van der Waals surface area (Å²) in [5.41, 5.74) is 1.40. The number of benzene rings is 2. The minimum Gasteiger partial charge on any atom is -0.480 e. The van der Waals surface area contributed by atoms with E-state index >= 15 is 0 Å². The highest BCUT2D eigenvalue weighted by Gasteiger charge is 2.28. The van der Waals surface area contributed by atoms with E-state index in [0.29, 0.717) is 17.9 Å². The lowest BCUT2D eigenvalue weighted by Gasteiger charge is -2.12. The van der Waals surface area contributed by atoms with Crippen molar-refractivity contribution in [3.8, 4) is 5.75 Å². The molecule has 3 rings (SSSR count). The van der Waals surface area contributed by atoms with E-state index in [1.54, 1.807) is 0 Å². The molecule has 1 amide bonds. The van der Waals surface area contributed by atoms with Gasteiger partial charge in [0.05, 0.1) is 12.0 Å². The fourth-order valence-electron chi connectivity index (χ4n) is 2.58. The summed E-state index contributed by atoms with van der Waals surface area (Å²) in [6.45, 7) is -0.461. The minimum atomic E-state index is -3.85. The standard InChI is InChI=1S/C18H18N2O6S/c1-25-17(21)11-19-27(23,24)14-8-6-13(7-9-14)20-18(22)16-10-12-4-2-3-5-15(12)26-16/h2-9,16,19H,10-11H2,1H3,(H,20,22)/t16-/m0/s1. The first-order chi connectivity index (χ1) is 12.9. The summed E-state index contributed by atoms with van der Waals surface area (Å²) in [7, 11) is -2.68. The Balaban J connectivity index is 1.61. The van der Waals surface area contributed by atoms with Crippen LogP contribution >= 0.6 is 0 Å². The summed E-state index contributed by atoms with van der Waals surface area (Å²) in [5.74, 6) is -0.318. The van der Waals surface area contributed by atoms with E-state index in [2.05, 4.69) is 14.8 Å². The van der Waals surface area contributed by atoms with E-state index in [1.807, 2.05) is 24.3 Å². The Labute approximate surface area is 156 Å². The molecule has 27 heavy (non-hydrogen) atoms. The van der Waals surface area contributed by atoms with E-state index in [0.717, 1.165) is 5.56 Å². The Hall–Kier alpha value is -2.91. The number of fused-ring (bicyclic) bond motifs is 1. The smallest absolute Gasteiger partial charge is 0.320 e. The van der Waals surface area contributed by atoms with Gasteiger partial charge in [-0.25, -0.2) is 8.42 Å². The van der Waals surface area contributed by atoms with Crippen molar-refractivity contribution in [1.82, 2.24) is 4.72 Å². The molecule has 0 aliphatic carbocycles. The van der Waals surface area contributed by atoms with Gasteiger partial charge in [-0.05, 0) is 35.9 Å². The van der Waals surface area contributed by atoms with Crippen molar-refractivity contribution in [1.29, 1.82) is 0 Å². The summed E-state index contributed by atoms with van der Waals surface area (Å²) < 4.78 is 36.3.